The predicted octanol–water partition coefficient (Wildman–Crippen LogP) is 2.21. The lowest BCUT2D eigenvalue weighted by Gasteiger charge is -2.40. The van der Waals surface area contributed by atoms with Crippen molar-refractivity contribution in [3.05, 3.63) is 17.0 Å². The van der Waals surface area contributed by atoms with E-state index in [2.05, 4.69) is 15.1 Å². The van der Waals surface area contributed by atoms with Gasteiger partial charge in [-0.15, -0.1) is 0 Å². The molecule has 1 aromatic rings. The molecule has 4 fully saturated rings. The van der Waals surface area contributed by atoms with E-state index in [9.17, 15) is 9.59 Å². The molecule has 1 N–H and O–H groups in total. The van der Waals surface area contributed by atoms with Gasteiger partial charge < -0.3 is 9.80 Å². The number of H-pyrrole nitrogens is 1. The maximum Gasteiger partial charge on any atom is 0.227 e. The average Bonchev–Trinajstić information content (AvgIpc) is 2.78. The van der Waals surface area contributed by atoms with Gasteiger partial charge in [-0.3, -0.25) is 14.7 Å². The van der Waals surface area contributed by atoms with Gasteiger partial charge in [0.15, 0.2) is 0 Å². The van der Waals surface area contributed by atoms with Crippen molar-refractivity contribution in [2.75, 3.05) is 19.6 Å². The van der Waals surface area contributed by atoms with Gasteiger partial charge in [-0.25, -0.2) is 0 Å². The first kappa shape index (κ1) is 17.6. The summed E-state index contributed by atoms with van der Waals surface area (Å²) < 4.78 is 0. The van der Waals surface area contributed by atoms with Crippen LogP contribution >= 0.6 is 0 Å². The molecule has 3 saturated heterocycles. The van der Waals surface area contributed by atoms with Crippen LogP contribution in [0, 0.1) is 25.7 Å². The van der Waals surface area contributed by atoms with Gasteiger partial charge in [0.1, 0.15) is 0 Å². The number of piperidine rings is 1. The number of aromatic amines is 1. The SMILES string of the molecule is Cc1[nH]nc(CCC(=O)N2C[C@H]3CC[C@@H](C2)N(CC2CCC2)C3=O)c1C. The van der Waals surface area contributed by atoms with Crippen molar-refractivity contribution in [1.29, 1.82) is 0 Å². The van der Waals surface area contributed by atoms with E-state index < -0.39 is 0 Å². The highest BCUT2D eigenvalue weighted by molar-refractivity contribution is 5.83. The summed E-state index contributed by atoms with van der Waals surface area (Å²) in [5.41, 5.74) is 3.20. The number of fused-ring (bicyclic) bond motifs is 4. The summed E-state index contributed by atoms with van der Waals surface area (Å²) in [5.74, 6) is 1.16. The molecule has 0 radical (unpaired) electrons. The van der Waals surface area contributed by atoms with Crippen LogP contribution in [0.2, 0.25) is 0 Å². The molecule has 4 heterocycles. The minimum Gasteiger partial charge on any atom is -0.340 e. The molecule has 0 spiro atoms. The normalized spacial score (nSPS) is 26.2. The Kier molecular flexibility index (Phi) is 4.76. The monoisotopic (exact) mass is 358 g/mol. The van der Waals surface area contributed by atoms with Crippen LogP contribution in [-0.4, -0.2) is 57.5 Å². The molecule has 0 aromatic carbocycles. The highest BCUT2D eigenvalue weighted by atomic mass is 16.2. The highest BCUT2D eigenvalue weighted by Gasteiger charge is 2.42. The molecule has 26 heavy (non-hydrogen) atoms. The van der Waals surface area contributed by atoms with Gasteiger partial charge in [-0.05, 0) is 51.0 Å². The van der Waals surface area contributed by atoms with Crippen LogP contribution in [0.15, 0.2) is 0 Å². The van der Waals surface area contributed by atoms with E-state index in [4.69, 9.17) is 0 Å². The number of nitrogens with zero attached hydrogens (tertiary/aromatic N) is 3. The molecule has 0 unspecified atom stereocenters. The standard InChI is InChI=1S/C20H30N4O2/c1-13-14(2)21-22-18(13)8-9-19(25)23-11-16-6-7-17(12-23)24(20(16)26)10-15-4-3-5-15/h15-17H,3-12H2,1-2H3,(H,21,22)/t16-,17+/m1/s1. The maximum absolute atomic E-state index is 12.9. The Labute approximate surface area is 155 Å². The number of aromatic nitrogens is 2. The summed E-state index contributed by atoms with van der Waals surface area (Å²) in [6.07, 6.45) is 6.94. The fourth-order valence-electron chi connectivity index (χ4n) is 4.60. The first-order chi connectivity index (χ1) is 12.5. The van der Waals surface area contributed by atoms with Crippen LogP contribution in [0.4, 0.5) is 0 Å². The van der Waals surface area contributed by atoms with Gasteiger partial charge in [0.05, 0.1) is 11.6 Å². The molecule has 5 rings (SSSR count). The smallest absolute Gasteiger partial charge is 0.227 e. The molecular formula is C20H30N4O2. The first-order valence-electron chi connectivity index (χ1n) is 10.1. The quantitative estimate of drug-likeness (QED) is 0.877. The fraction of sp³-hybridized carbons (Fsp3) is 0.750. The van der Waals surface area contributed by atoms with Crippen LogP contribution < -0.4 is 0 Å². The third-order valence-electron chi connectivity index (χ3n) is 6.76. The van der Waals surface area contributed by atoms with E-state index >= 15 is 0 Å². The van der Waals surface area contributed by atoms with Crippen LogP contribution in [0.25, 0.3) is 0 Å². The van der Waals surface area contributed by atoms with Gasteiger partial charge in [0, 0.05) is 44.2 Å². The predicted molar refractivity (Wildman–Crippen MR) is 98.5 cm³/mol. The van der Waals surface area contributed by atoms with Crippen molar-refractivity contribution < 1.29 is 9.59 Å². The van der Waals surface area contributed by atoms with Gasteiger partial charge >= 0.3 is 0 Å². The van der Waals surface area contributed by atoms with Crippen LogP contribution in [0.5, 0.6) is 0 Å². The van der Waals surface area contributed by atoms with Crippen molar-refractivity contribution in [1.82, 2.24) is 20.0 Å². The third kappa shape index (κ3) is 3.26. The first-order valence-corrected chi connectivity index (χ1v) is 10.1. The molecule has 2 bridgehead atoms. The number of nitrogens with one attached hydrogen (secondary N) is 1. The molecule has 1 aliphatic carbocycles. The summed E-state index contributed by atoms with van der Waals surface area (Å²) in [7, 11) is 0. The Balaban J connectivity index is 1.39. The number of aryl methyl sites for hydroxylation is 2. The lowest BCUT2D eigenvalue weighted by atomic mass is 9.83. The second-order valence-electron chi connectivity index (χ2n) is 8.43. The van der Waals surface area contributed by atoms with Gasteiger partial charge in [0.2, 0.25) is 11.8 Å². The summed E-state index contributed by atoms with van der Waals surface area (Å²) in [4.78, 5) is 29.7. The number of carbonyl (C=O) groups excluding carboxylic acids is 2. The molecule has 142 valence electrons. The largest absolute Gasteiger partial charge is 0.340 e. The summed E-state index contributed by atoms with van der Waals surface area (Å²) in [6, 6.07) is 0.222. The van der Waals surface area contributed by atoms with Crippen molar-refractivity contribution in [2.45, 2.75) is 64.8 Å². The molecule has 3 aliphatic heterocycles. The van der Waals surface area contributed by atoms with Gasteiger partial charge in [-0.2, -0.15) is 5.10 Å². The average molecular weight is 358 g/mol. The Morgan fingerprint density at radius 1 is 1.19 bits per heavy atom. The number of amides is 2. The number of carbonyl (C=O) groups is 2. The number of hydrogen-bond acceptors (Lipinski definition) is 3. The van der Waals surface area contributed by atoms with Gasteiger partial charge in [-0.1, -0.05) is 6.42 Å². The molecular weight excluding hydrogens is 328 g/mol. The topological polar surface area (TPSA) is 69.3 Å². The van der Waals surface area contributed by atoms with E-state index in [0.29, 0.717) is 37.8 Å². The van der Waals surface area contributed by atoms with E-state index in [1.807, 2.05) is 18.7 Å². The summed E-state index contributed by atoms with van der Waals surface area (Å²) in [6.45, 7) is 6.28. The minimum absolute atomic E-state index is 0.00661. The second kappa shape index (κ2) is 7.05. The maximum atomic E-state index is 12.9. The Bertz CT molecular complexity index is 694. The molecule has 6 nitrogen and oxygen atoms in total. The van der Waals surface area contributed by atoms with Crippen LogP contribution in [0.3, 0.4) is 0 Å². The zero-order valence-corrected chi connectivity index (χ0v) is 16.0. The Morgan fingerprint density at radius 2 is 2.00 bits per heavy atom. The van der Waals surface area contributed by atoms with E-state index in [0.717, 1.165) is 36.3 Å². The second-order valence-corrected chi connectivity index (χ2v) is 8.43. The van der Waals surface area contributed by atoms with E-state index in [1.54, 1.807) is 0 Å². The number of hydrogen-bond donors (Lipinski definition) is 1. The molecule has 4 aliphatic rings. The molecule has 1 saturated carbocycles. The van der Waals surface area contributed by atoms with Crippen molar-refractivity contribution in [2.24, 2.45) is 11.8 Å². The van der Waals surface area contributed by atoms with Crippen molar-refractivity contribution >= 4 is 11.8 Å². The van der Waals surface area contributed by atoms with Crippen LogP contribution in [0.1, 0.15) is 55.5 Å². The van der Waals surface area contributed by atoms with E-state index in [-0.39, 0.29) is 17.9 Å². The molecule has 2 atom stereocenters. The zero-order chi connectivity index (χ0) is 18.3. The lowest BCUT2D eigenvalue weighted by molar-refractivity contribution is -0.141. The zero-order valence-electron chi connectivity index (χ0n) is 16.0. The van der Waals surface area contributed by atoms with Crippen LogP contribution in [-0.2, 0) is 16.0 Å². The van der Waals surface area contributed by atoms with Crippen molar-refractivity contribution in [3.63, 3.8) is 0 Å². The molecule has 6 heteroatoms. The summed E-state index contributed by atoms with van der Waals surface area (Å²) >= 11 is 0. The van der Waals surface area contributed by atoms with Crippen molar-refractivity contribution in [3.8, 4) is 0 Å². The Hall–Kier alpha value is -1.85. The Morgan fingerprint density at radius 3 is 2.65 bits per heavy atom. The molecule has 2 amide bonds. The highest BCUT2D eigenvalue weighted by Crippen LogP contribution is 2.34. The van der Waals surface area contributed by atoms with Gasteiger partial charge in [0.25, 0.3) is 0 Å². The lowest BCUT2D eigenvalue weighted by Crippen LogP contribution is -2.50. The fourth-order valence-corrected chi connectivity index (χ4v) is 4.60. The molecule has 1 aromatic heterocycles. The summed E-state index contributed by atoms with van der Waals surface area (Å²) in [5, 5.41) is 7.30. The number of rotatable bonds is 5. The van der Waals surface area contributed by atoms with E-state index in [1.165, 1.54) is 19.3 Å². The third-order valence-corrected chi connectivity index (χ3v) is 6.76. The minimum atomic E-state index is 0.00661.